The molecule has 1 aromatic heterocycles. The quantitative estimate of drug-likeness (QED) is 0.819. The number of rotatable bonds is 5. The van der Waals surface area contributed by atoms with Gasteiger partial charge in [-0.3, -0.25) is 4.79 Å². The number of carbonyl (C=O) groups excluding carboxylic acids is 1. The second kappa shape index (κ2) is 8.14. The molecule has 138 valence electrons. The van der Waals surface area contributed by atoms with Gasteiger partial charge in [0.1, 0.15) is 24.5 Å². The smallest absolute Gasteiger partial charge is 0.248 e. The molecule has 0 radical (unpaired) electrons. The average molecular weight is 356 g/mol. The molecule has 7 nitrogen and oxygen atoms in total. The highest BCUT2D eigenvalue weighted by atomic mass is 16.5. The van der Waals surface area contributed by atoms with Gasteiger partial charge in [0.15, 0.2) is 0 Å². The lowest BCUT2D eigenvalue weighted by atomic mass is 10.2. The molecular weight excluding hydrogens is 332 g/mol. The van der Waals surface area contributed by atoms with E-state index >= 15 is 0 Å². The van der Waals surface area contributed by atoms with E-state index in [2.05, 4.69) is 14.9 Å². The van der Waals surface area contributed by atoms with Gasteiger partial charge >= 0.3 is 0 Å². The number of carbonyl (C=O) groups is 1. The summed E-state index contributed by atoms with van der Waals surface area (Å²) in [6.07, 6.45) is 1.51. The number of hydrogen-bond donors (Lipinski definition) is 0. The van der Waals surface area contributed by atoms with Crippen molar-refractivity contribution in [3.63, 3.8) is 0 Å². The third-order valence-electron chi connectivity index (χ3n) is 4.38. The molecule has 0 aliphatic carbocycles. The summed E-state index contributed by atoms with van der Waals surface area (Å²) >= 11 is 0. The van der Waals surface area contributed by atoms with Crippen LogP contribution in [0.4, 0.5) is 5.82 Å². The Kier molecular flexibility index (Phi) is 5.68. The number of aryl methyl sites for hydroxylation is 1. The zero-order chi connectivity index (χ0) is 18.5. The Morgan fingerprint density at radius 2 is 2.12 bits per heavy atom. The first-order chi connectivity index (χ1) is 12.6. The molecule has 1 atom stereocenters. The van der Waals surface area contributed by atoms with E-state index in [0.717, 1.165) is 17.1 Å². The Bertz CT molecular complexity index is 768. The highest BCUT2D eigenvalue weighted by Crippen LogP contribution is 2.24. The van der Waals surface area contributed by atoms with Crippen molar-refractivity contribution < 1.29 is 14.3 Å². The third-order valence-corrected chi connectivity index (χ3v) is 4.38. The van der Waals surface area contributed by atoms with Gasteiger partial charge in [-0.2, -0.15) is 0 Å². The summed E-state index contributed by atoms with van der Waals surface area (Å²) in [5.41, 5.74) is 1.13. The molecular formula is C19H24N4O3. The molecule has 2 heterocycles. The summed E-state index contributed by atoms with van der Waals surface area (Å²) in [4.78, 5) is 24.6. The molecule has 1 unspecified atom stereocenters. The molecule has 2 aromatic rings. The molecule has 1 saturated heterocycles. The molecule has 3 rings (SSSR count). The molecule has 1 fully saturated rings. The van der Waals surface area contributed by atoms with Crippen LogP contribution in [-0.4, -0.2) is 60.2 Å². The van der Waals surface area contributed by atoms with Crippen LogP contribution in [0.5, 0.6) is 11.6 Å². The largest absolute Gasteiger partial charge is 0.439 e. The molecule has 7 heteroatoms. The Labute approximate surface area is 153 Å². The fraction of sp³-hybridized carbons (Fsp3) is 0.421. The van der Waals surface area contributed by atoms with Gasteiger partial charge in [-0.05, 0) is 31.5 Å². The first-order valence-corrected chi connectivity index (χ1v) is 8.66. The van der Waals surface area contributed by atoms with Crippen LogP contribution >= 0.6 is 0 Å². The van der Waals surface area contributed by atoms with Gasteiger partial charge in [0, 0.05) is 38.9 Å². The Morgan fingerprint density at radius 3 is 2.85 bits per heavy atom. The standard InChI is InChI=1S/C19H24N4O3/c1-14-5-4-6-16(9-14)26-18-10-17(20-13-21-18)22-7-8-23(15(2)11-22)19(24)12-25-3/h4-6,9-10,13,15H,7-8,11-12H2,1-3H3. The lowest BCUT2D eigenvalue weighted by Gasteiger charge is -2.40. The van der Waals surface area contributed by atoms with Crippen LogP contribution in [0.15, 0.2) is 36.7 Å². The maximum absolute atomic E-state index is 12.1. The van der Waals surface area contributed by atoms with Crippen molar-refractivity contribution in [3.05, 3.63) is 42.2 Å². The van der Waals surface area contributed by atoms with Crippen molar-refractivity contribution in [2.24, 2.45) is 0 Å². The number of anilines is 1. The number of amides is 1. The highest BCUT2D eigenvalue weighted by molar-refractivity contribution is 5.78. The number of aromatic nitrogens is 2. The highest BCUT2D eigenvalue weighted by Gasteiger charge is 2.28. The van der Waals surface area contributed by atoms with Gasteiger partial charge in [-0.15, -0.1) is 0 Å². The number of piperazine rings is 1. The molecule has 0 bridgehead atoms. The van der Waals surface area contributed by atoms with Crippen LogP contribution in [0.1, 0.15) is 12.5 Å². The molecule has 1 aliphatic heterocycles. The number of hydrogen-bond acceptors (Lipinski definition) is 6. The predicted octanol–water partition coefficient (Wildman–Crippen LogP) is 2.26. The van der Waals surface area contributed by atoms with Gasteiger partial charge in [0.05, 0.1) is 0 Å². The van der Waals surface area contributed by atoms with Gasteiger partial charge in [-0.25, -0.2) is 9.97 Å². The van der Waals surface area contributed by atoms with Crippen molar-refractivity contribution in [2.75, 3.05) is 38.3 Å². The van der Waals surface area contributed by atoms with Crippen molar-refractivity contribution in [1.29, 1.82) is 0 Å². The number of benzene rings is 1. The SMILES string of the molecule is COCC(=O)N1CCN(c2cc(Oc3cccc(C)c3)ncn2)CC1C. The normalized spacial score (nSPS) is 17.3. The van der Waals surface area contributed by atoms with E-state index in [9.17, 15) is 4.79 Å². The van der Waals surface area contributed by atoms with E-state index in [-0.39, 0.29) is 18.6 Å². The summed E-state index contributed by atoms with van der Waals surface area (Å²) in [6.45, 7) is 6.22. The van der Waals surface area contributed by atoms with E-state index in [0.29, 0.717) is 25.5 Å². The maximum Gasteiger partial charge on any atom is 0.248 e. The average Bonchev–Trinajstić information content (AvgIpc) is 2.62. The molecule has 1 aromatic carbocycles. The lowest BCUT2D eigenvalue weighted by Crippen LogP contribution is -2.55. The lowest BCUT2D eigenvalue weighted by molar-refractivity contribution is -0.137. The van der Waals surface area contributed by atoms with Crippen LogP contribution in [-0.2, 0) is 9.53 Å². The molecule has 1 amide bonds. The molecule has 0 spiro atoms. The van der Waals surface area contributed by atoms with Gasteiger partial charge < -0.3 is 19.3 Å². The minimum Gasteiger partial charge on any atom is -0.439 e. The Morgan fingerprint density at radius 1 is 1.27 bits per heavy atom. The van der Waals surface area contributed by atoms with Crippen LogP contribution in [0.3, 0.4) is 0 Å². The van der Waals surface area contributed by atoms with Crippen molar-refractivity contribution >= 4 is 11.7 Å². The first-order valence-electron chi connectivity index (χ1n) is 8.66. The summed E-state index contributed by atoms with van der Waals surface area (Å²) in [5.74, 6) is 2.07. The second-order valence-corrected chi connectivity index (χ2v) is 6.45. The van der Waals surface area contributed by atoms with E-state index in [1.54, 1.807) is 0 Å². The van der Waals surface area contributed by atoms with E-state index in [1.807, 2.05) is 49.1 Å². The Hall–Kier alpha value is -2.67. The summed E-state index contributed by atoms with van der Waals surface area (Å²) < 4.78 is 10.8. The summed E-state index contributed by atoms with van der Waals surface area (Å²) in [6, 6.07) is 9.75. The zero-order valence-corrected chi connectivity index (χ0v) is 15.4. The fourth-order valence-corrected chi connectivity index (χ4v) is 3.10. The van der Waals surface area contributed by atoms with Crippen molar-refractivity contribution in [2.45, 2.75) is 19.9 Å². The van der Waals surface area contributed by atoms with E-state index < -0.39 is 0 Å². The first kappa shape index (κ1) is 18.1. The fourth-order valence-electron chi connectivity index (χ4n) is 3.10. The molecule has 26 heavy (non-hydrogen) atoms. The van der Waals surface area contributed by atoms with Crippen LogP contribution in [0.2, 0.25) is 0 Å². The predicted molar refractivity (Wildman–Crippen MR) is 98.5 cm³/mol. The minimum atomic E-state index is 0.0193. The van der Waals surface area contributed by atoms with Crippen molar-refractivity contribution in [3.8, 4) is 11.6 Å². The number of methoxy groups -OCH3 is 1. The summed E-state index contributed by atoms with van der Waals surface area (Å²) in [7, 11) is 1.54. The number of nitrogens with zero attached hydrogens (tertiary/aromatic N) is 4. The molecule has 1 aliphatic rings. The maximum atomic E-state index is 12.1. The zero-order valence-electron chi connectivity index (χ0n) is 15.4. The third kappa shape index (κ3) is 4.29. The van der Waals surface area contributed by atoms with Crippen LogP contribution in [0.25, 0.3) is 0 Å². The molecule has 0 N–H and O–H groups in total. The van der Waals surface area contributed by atoms with Gasteiger partial charge in [0.25, 0.3) is 0 Å². The minimum absolute atomic E-state index is 0.0193. The van der Waals surface area contributed by atoms with E-state index in [4.69, 9.17) is 9.47 Å². The molecule has 0 saturated carbocycles. The second-order valence-electron chi connectivity index (χ2n) is 6.45. The number of ether oxygens (including phenoxy) is 2. The van der Waals surface area contributed by atoms with Crippen molar-refractivity contribution in [1.82, 2.24) is 14.9 Å². The topological polar surface area (TPSA) is 67.8 Å². The van der Waals surface area contributed by atoms with Crippen LogP contribution in [0, 0.1) is 6.92 Å². The monoisotopic (exact) mass is 356 g/mol. The summed E-state index contributed by atoms with van der Waals surface area (Å²) in [5, 5.41) is 0. The Balaban J connectivity index is 1.68. The van der Waals surface area contributed by atoms with Gasteiger partial charge in [-0.1, -0.05) is 12.1 Å². The van der Waals surface area contributed by atoms with Gasteiger partial charge in [0.2, 0.25) is 11.8 Å². The van der Waals surface area contributed by atoms with Crippen LogP contribution < -0.4 is 9.64 Å². The van der Waals surface area contributed by atoms with E-state index in [1.165, 1.54) is 13.4 Å².